The third kappa shape index (κ3) is 2.64. The van der Waals surface area contributed by atoms with Gasteiger partial charge in [0.1, 0.15) is 11.9 Å². The summed E-state index contributed by atoms with van der Waals surface area (Å²) in [5.74, 6) is 0.891. The highest BCUT2D eigenvalue weighted by atomic mass is 16.5. The summed E-state index contributed by atoms with van der Waals surface area (Å²) >= 11 is 0. The average molecular weight is 249 g/mol. The van der Waals surface area contributed by atoms with Crippen molar-refractivity contribution >= 4 is 11.6 Å². The predicted octanol–water partition coefficient (Wildman–Crippen LogP) is 2.49. The van der Waals surface area contributed by atoms with E-state index >= 15 is 0 Å². The maximum absolute atomic E-state index is 11.0. The minimum atomic E-state index is -0.493. The summed E-state index contributed by atoms with van der Waals surface area (Å²) in [7, 11) is 0. The van der Waals surface area contributed by atoms with Gasteiger partial charge in [0.2, 0.25) is 5.91 Å². The summed E-state index contributed by atoms with van der Waals surface area (Å²) in [5, 5.41) is 12.8. The Morgan fingerprint density at radius 3 is 2.83 bits per heavy atom. The number of aliphatic hydroxyl groups excluding tert-OH is 1. The van der Waals surface area contributed by atoms with Crippen LogP contribution in [0.4, 0.5) is 5.69 Å². The van der Waals surface area contributed by atoms with Crippen LogP contribution in [0.25, 0.3) is 0 Å². The van der Waals surface area contributed by atoms with Gasteiger partial charge in [0.05, 0.1) is 6.10 Å². The number of aliphatic hydroxyl groups is 1. The molecule has 1 aromatic carbocycles. The number of nitrogens with one attached hydrogen (secondary N) is 1. The van der Waals surface area contributed by atoms with Gasteiger partial charge in [-0.05, 0) is 12.0 Å². The standard InChI is InChI=1S/C14H19NO3/c1-8(2)13-7-12(17)11-5-4-10(15-9(3)16)6-14(11)18-13/h4-6,8,12-13,17H,7H2,1-3H3,(H,15,16). The second-order valence-corrected chi connectivity index (χ2v) is 5.09. The van der Waals surface area contributed by atoms with Gasteiger partial charge in [-0.1, -0.05) is 19.9 Å². The van der Waals surface area contributed by atoms with Gasteiger partial charge in [-0.15, -0.1) is 0 Å². The van der Waals surface area contributed by atoms with Crippen molar-refractivity contribution in [1.82, 2.24) is 0 Å². The zero-order valence-corrected chi connectivity index (χ0v) is 10.9. The quantitative estimate of drug-likeness (QED) is 0.846. The van der Waals surface area contributed by atoms with Crippen LogP contribution < -0.4 is 10.1 Å². The van der Waals surface area contributed by atoms with Crippen molar-refractivity contribution in [3.8, 4) is 5.75 Å². The molecular weight excluding hydrogens is 230 g/mol. The fourth-order valence-electron chi connectivity index (χ4n) is 2.16. The summed E-state index contributed by atoms with van der Waals surface area (Å²) in [6, 6.07) is 5.36. The third-order valence-corrected chi connectivity index (χ3v) is 3.17. The van der Waals surface area contributed by atoms with Gasteiger partial charge in [-0.2, -0.15) is 0 Å². The molecule has 2 atom stereocenters. The van der Waals surface area contributed by atoms with E-state index in [1.807, 2.05) is 6.07 Å². The molecule has 1 aliphatic rings. The maximum atomic E-state index is 11.0. The molecule has 0 saturated carbocycles. The van der Waals surface area contributed by atoms with Crippen LogP contribution in [0.2, 0.25) is 0 Å². The zero-order chi connectivity index (χ0) is 13.3. The van der Waals surface area contributed by atoms with Crippen LogP contribution in [-0.4, -0.2) is 17.1 Å². The van der Waals surface area contributed by atoms with E-state index in [1.54, 1.807) is 12.1 Å². The first kappa shape index (κ1) is 12.9. The molecule has 2 rings (SSSR count). The van der Waals surface area contributed by atoms with Gasteiger partial charge in [0.15, 0.2) is 0 Å². The molecule has 18 heavy (non-hydrogen) atoms. The molecule has 0 aromatic heterocycles. The molecule has 0 fully saturated rings. The lowest BCUT2D eigenvalue weighted by atomic mass is 9.93. The number of benzene rings is 1. The number of fused-ring (bicyclic) bond motifs is 1. The molecule has 4 nitrogen and oxygen atoms in total. The number of rotatable bonds is 2. The Bertz CT molecular complexity index is 456. The molecule has 1 aromatic rings. The first-order valence-electron chi connectivity index (χ1n) is 6.23. The lowest BCUT2D eigenvalue weighted by Crippen LogP contribution is -2.30. The molecule has 98 valence electrons. The molecule has 0 radical (unpaired) electrons. The monoisotopic (exact) mass is 249 g/mol. The number of carbonyl (C=O) groups is 1. The zero-order valence-electron chi connectivity index (χ0n) is 10.9. The summed E-state index contributed by atoms with van der Waals surface area (Å²) in [6.45, 7) is 5.60. The summed E-state index contributed by atoms with van der Waals surface area (Å²) in [5.41, 5.74) is 1.49. The van der Waals surface area contributed by atoms with Crippen LogP contribution in [-0.2, 0) is 4.79 Å². The second kappa shape index (κ2) is 4.98. The van der Waals surface area contributed by atoms with Crippen LogP contribution >= 0.6 is 0 Å². The molecule has 1 aliphatic heterocycles. The number of ether oxygens (including phenoxy) is 1. The van der Waals surface area contributed by atoms with Crippen LogP contribution in [0.1, 0.15) is 38.9 Å². The molecule has 1 amide bonds. The van der Waals surface area contributed by atoms with E-state index < -0.39 is 6.10 Å². The normalized spacial score (nSPS) is 22.3. The van der Waals surface area contributed by atoms with Gasteiger partial charge in [-0.3, -0.25) is 4.79 Å². The Morgan fingerprint density at radius 1 is 1.50 bits per heavy atom. The van der Waals surface area contributed by atoms with Crippen molar-refractivity contribution in [2.24, 2.45) is 5.92 Å². The van der Waals surface area contributed by atoms with Gasteiger partial charge >= 0.3 is 0 Å². The summed E-state index contributed by atoms with van der Waals surface area (Å²) in [6.07, 6.45) is 0.136. The van der Waals surface area contributed by atoms with Crippen molar-refractivity contribution in [3.05, 3.63) is 23.8 Å². The average Bonchev–Trinajstić information content (AvgIpc) is 2.27. The van der Waals surface area contributed by atoms with Crippen molar-refractivity contribution in [1.29, 1.82) is 0 Å². The molecule has 4 heteroatoms. The van der Waals surface area contributed by atoms with E-state index in [0.717, 1.165) is 5.56 Å². The van der Waals surface area contributed by atoms with E-state index in [2.05, 4.69) is 19.2 Å². The Balaban J connectivity index is 2.28. The number of amides is 1. The van der Waals surface area contributed by atoms with Gasteiger partial charge in [0.25, 0.3) is 0 Å². The lowest BCUT2D eigenvalue weighted by Gasteiger charge is -2.32. The fraction of sp³-hybridized carbons (Fsp3) is 0.500. The molecular formula is C14H19NO3. The highest BCUT2D eigenvalue weighted by molar-refractivity contribution is 5.88. The Kier molecular flexibility index (Phi) is 3.57. The van der Waals surface area contributed by atoms with Gasteiger partial charge < -0.3 is 15.2 Å². The van der Waals surface area contributed by atoms with Crippen molar-refractivity contribution in [2.75, 3.05) is 5.32 Å². The number of hydrogen-bond acceptors (Lipinski definition) is 3. The molecule has 0 spiro atoms. The van der Waals surface area contributed by atoms with E-state index in [4.69, 9.17) is 4.74 Å². The summed E-state index contributed by atoms with van der Waals surface area (Å²) in [4.78, 5) is 11.0. The fourth-order valence-corrected chi connectivity index (χ4v) is 2.16. The van der Waals surface area contributed by atoms with E-state index in [1.165, 1.54) is 6.92 Å². The Morgan fingerprint density at radius 2 is 2.22 bits per heavy atom. The minimum Gasteiger partial charge on any atom is -0.490 e. The van der Waals surface area contributed by atoms with Crippen molar-refractivity contribution in [2.45, 2.75) is 39.4 Å². The highest BCUT2D eigenvalue weighted by Gasteiger charge is 2.28. The smallest absolute Gasteiger partial charge is 0.221 e. The molecule has 1 heterocycles. The first-order valence-corrected chi connectivity index (χ1v) is 6.23. The van der Waals surface area contributed by atoms with E-state index in [-0.39, 0.29) is 12.0 Å². The Hall–Kier alpha value is -1.55. The number of anilines is 1. The topological polar surface area (TPSA) is 58.6 Å². The van der Waals surface area contributed by atoms with Gasteiger partial charge in [-0.25, -0.2) is 0 Å². The van der Waals surface area contributed by atoms with Crippen LogP contribution in [0.5, 0.6) is 5.75 Å². The SMILES string of the molecule is CC(=O)Nc1ccc2c(c1)OC(C(C)C)CC2O. The molecule has 2 N–H and O–H groups in total. The Labute approximate surface area is 107 Å². The van der Waals surface area contributed by atoms with Crippen molar-refractivity contribution < 1.29 is 14.6 Å². The molecule has 0 saturated heterocycles. The van der Waals surface area contributed by atoms with Crippen molar-refractivity contribution in [3.63, 3.8) is 0 Å². The van der Waals surface area contributed by atoms with E-state index in [0.29, 0.717) is 23.8 Å². The number of carbonyl (C=O) groups excluding carboxylic acids is 1. The number of hydrogen-bond donors (Lipinski definition) is 2. The highest BCUT2D eigenvalue weighted by Crippen LogP contribution is 2.38. The van der Waals surface area contributed by atoms with Crippen LogP contribution in [0, 0.1) is 5.92 Å². The molecule has 0 aliphatic carbocycles. The third-order valence-electron chi connectivity index (χ3n) is 3.17. The second-order valence-electron chi connectivity index (χ2n) is 5.09. The van der Waals surface area contributed by atoms with E-state index in [9.17, 15) is 9.90 Å². The van der Waals surface area contributed by atoms with Crippen LogP contribution in [0.3, 0.4) is 0 Å². The molecule has 0 bridgehead atoms. The maximum Gasteiger partial charge on any atom is 0.221 e. The lowest BCUT2D eigenvalue weighted by molar-refractivity contribution is -0.114. The molecule has 2 unspecified atom stereocenters. The first-order chi connectivity index (χ1) is 8.47. The predicted molar refractivity (Wildman–Crippen MR) is 69.6 cm³/mol. The van der Waals surface area contributed by atoms with Crippen LogP contribution in [0.15, 0.2) is 18.2 Å². The summed E-state index contributed by atoms with van der Waals surface area (Å²) < 4.78 is 5.87. The largest absolute Gasteiger partial charge is 0.490 e. The van der Waals surface area contributed by atoms with Gasteiger partial charge in [0, 0.05) is 30.7 Å². The minimum absolute atomic E-state index is 0.0140.